The number of ether oxygens (including phenoxy) is 1. The molecule has 0 heterocycles. The average molecular weight is 181 g/mol. The van der Waals surface area contributed by atoms with Crippen molar-refractivity contribution in [1.82, 2.24) is 5.32 Å². The second-order valence-corrected chi connectivity index (χ2v) is 2.29. The molecule has 0 spiro atoms. The molecule has 3 nitrogen and oxygen atoms in total. The van der Waals surface area contributed by atoms with Crippen LogP contribution in [0.25, 0.3) is 0 Å². The van der Waals surface area contributed by atoms with E-state index in [-0.39, 0.29) is 5.97 Å². The van der Waals surface area contributed by atoms with E-state index in [1.807, 2.05) is 13.0 Å². The summed E-state index contributed by atoms with van der Waals surface area (Å²) >= 11 is 0. The molecule has 0 aliphatic carbocycles. The predicted octanol–water partition coefficient (Wildman–Crippen LogP) is 1.74. The van der Waals surface area contributed by atoms with Gasteiger partial charge in [0.15, 0.2) is 0 Å². The van der Waals surface area contributed by atoms with Crippen LogP contribution in [0, 0.1) is 0 Å². The summed E-state index contributed by atoms with van der Waals surface area (Å²) in [6.45, 7) is 5.45. The van der Waals surface area contributed by atoms with E-state index in [0.29, 0.717) is 6.42 Å². The van der Waals surface area contributed by atoms with Crippen molar-refractivity contribution in [1.29, 1.82) is 0 Å². The minimum atomic E-state index is -0.339. The molecule has 0 unspecified atom stereocenters. The summed E-state index contributed by atoms with van der Waals surface area (Å²) in [7, 11) is 1.35. The molecule has 0 rings (SSSR count). The molecule has 0 saturated carbocycles. The van der Waals surface area contributed by atoms with E-state index < -0.39 is 0 Å². The van der Waals surface area contributed by atoms with Crippen LogP contribution in [0.15, 0.2) is 36.7 Å². The summed E-state index contributed by atoms with van der Waals surface area (Å²) in [5.41, 5.74) is 0.996. The average Bonchev–Trinajstić information content (AvgIpc) is 2.16. The van der Waals surface area contributed by atoms with E-state index in [1.165, 1.54) is 13.2 Å². The van der Waals surface area contributed by atoms with Crippen LogP contribution in [0.5, 0.6) is 0 Å². The minimum Gasteiger partial charge on any atom is -0.466 e. The third kappa shape index (κ3) is 5.73. The molecule has 0 aromatic carbocycles. The molecule has 0 aliphatic rings. The SMILES string of the molecule is C=CN/C(=C\C)C/C=C/C(=O)OC. The Morgan fingerprint density at radius 2 is 2.31 bits per heavy atom. The molecule has 13 heavy (non-hydrogen) atoms. The predicted molar refractivity (Wildman–Crippen MR) is 52.9 cm³/mol. The van der Waals surface area contributed by atoms with Gasteiger partial charge in [0, 0.05) is 18.2 Å². The molecule has 0 amide bonds. The van der Waals surface area contributed by atoms with Gasteiger partial charge in [-0.25, -0.2) is 4.79 Å². The third-order valence-corrected chi connectivity index (χ3v) is 1.43. The lowest BCUT2D eigenvalue weighted by Crippen LogP contribution is -2.02. The maximum Gasteiger partial charge on any atom is 0.330 e. The molecule has 0 fully saturated rings. The normalized spacial score (nSPS) is 11.4. The minimum absolute atomic E-state index is 0.339. The molecule has 3 heteroatoms. The third-order valence-electron chi connectivity index (χ3n) is 1.43. The molecule has 0 radical (unpaired) electrons. The number of hydrogen-bond donors (Lipinski definition) is 1. The van der Waals surface area contributed by atoms with Crippen molar-refractivity contribution >= 4 is 5.97 Å². The Morgan fingerprint density at radius 3 is 2.77 bits per heavy atom. The maximum atomic E-state index is 10.7. The number of hydrogen-bond acceptors (Lipinski definition) is 3. The molecule has 0 atom stereocenters. The highest BCUT2D eigenvalue weighted by Gasteiger charge is 1.91. The summed E-state index contributed by atoms with van der Waals surface area (Å²) in [4.78, 5) is 10.7. The Kier molecular flexibility index (Phi) is 6.32. The highest BCUT2D eigenvalue weighted by molar-refractivity contribution is 5.81. The quantitative estimate of drug-likeness (QED) is 0.518. The van der Waals surface area contributed by atoms with Crippen LogP contribution >= 0.6 is 0 Å². The summed E-state index contributed by atoms with van der Waals surface area (Å²) in [5.74, 6) is -0.339. The van der Waals surface area contributed by atoms with E-state index in [2.05, 4.69) is 16.6 Å². The lowest BCUT2D eigenvalue weighted by Gasteiger charge is -2.01. The van der Waals surface area contributed by atoms with E-state index in [0.717, 1.165) is 5.70 Å². The van der Waals surface area contributed by atoms with Gasteiger partial charge >= 0.3 is 5.97 Å². The van der Waals surface area contributed by atoms with Crippen molar-refractivity contribution in [2.45, 2.75) is 13.3 Å². The zero-order valence-corrected chi connectivity index (χ0v) is 8.04. The van der Waals surface area contributed by atoms with Gasteiger partial charge in [-0.1, -0.05) is 18.7 Å². The van der Waals surface area contributed by atoms with Gasteiger partial charge in [-0.3, -0.25) is 0 Å². The summed E-state index contributed by atoms with van der Waals surface area (Å²) in [6.07, 6.45) is 7.31. The number of esters is 1. The van der Waals surface area contributed by atoms with E-state index >= 15 is 0 Å². The lowest BCUT2D eigenvalue weighted by molar-refractivity contribution is -0.134. The fourth-order valence-electron chi connectivity index (χ4n) is 0.741. The molecule has 72 valence electrons. The molecule has 0 bridgehead atoms. The topological polar surface area (TPSA) is 38.3 Å². The molecule has 0 aromatic rings. The Morgan fingerprint density at radius 1 is 1.62 bits per heavy atom. The number of rotatable bonds is 5. The Labute approximate surface area is 78.8 Å². The summed E-state index contributed by atoms with van der Waals surface area (Å²) < 4.78 is 4.44. The van der Waals surface area contributed by atoms with Crippen molar-refractivity contribution in [2.24, 2.45) is 0 Å². The van der Waals surface area contributed by atoms with Crippen molar-refractivity contribution in [2.75, 3.05) is 7.11 Å². The monoisotopic (exact) mass is 181 g/mol. The van der Waals surface area contributed by atoms with Gasteiger partial charge in [0.2, 0.25) is 0 Å². The molecule has 0 aliphatic heterocycles. The van der Waals surface area contributed by atoms with Gasteiger partial charge in [-0.05, 0) is 13.1 Å². The molecule has 1 N–H and O–H groups in total. The maximum absolute atomic E-state index is 10.7. The molecular weight excluding hydrogens is 166 g/mol. The van der Waals surface area contributed by atoms with E-state index in [1.54, 1.807) is 12.3 Å². The Balaban J connectivity index is 3.91. The summed E-state index contributed by atoms with van der Waals surface area (Å²) in [5, 5.41) is 2.95. The van der Waals surface area contributed by atoms with Gasteiger partial charge in [0.1, 0.15) is 0 Å². The number of methoxy groups -OCH3 is 1. The number of carbonyl (C=O) groups excluding carboxylic acids is 1. The van der Waals surface area contributed by atoms with Crippen molar-refractivity contribution < 1.29 is 9.53 Å². The number of nitrogens with one attached hydrogen (secondary N) is 1. The second kappa shape index (κ2) is 7.16. The van der Waals surface area contributed by atoms with Crippen LogP contribution in [-0.2, 0) is 9.53 Å². The van der Waals surface area contributed by atoms with Crippen LogP contribution in [0.4, 0.5) is 0 Å². The van der Waals surface area contributed by atoms with Crippen molar-refractivity contribution in [3.05, 3.63) is 36.7 Å². The fourth-order valence-corrected chi connectivity index (χ4v) is 0.741. The Hall–Kier alpha value is -1.51. The largest absolute Gasteiger partial charge is 0.466 e. The first-order valence-electron chi connectivity index (χ1n) is 4.01. The zero-order valence-electron chi connectivity index (χ0n) is 8.04. The van der Waals surface area contributed by atoms with Gasteiger partial charge in [-0.15, -0.1) is 0 Å². The van der Waals surface area contributed by atoms with Crippen molar-refractivity contribution in [3.8, 4) is 0 Å². The van der Waals surface area contributed by atoms with Gasteiger partial charge < -0.3 is 10.1 Å². The van der Waals surface area contributed by atoms with Crippen LogP contribution in [-0.4, -0.2) is 13.1 Å². The van der Waals surface area contributed by atoms with E-state index in [9.17, 15) is 4.79 Å². The first-order valence-corrected chi connectivity index (χ1v) is 4.01. The smallest absolute Gasteiger partial charge is 0.330 e. The zero-order chi connectivity index (χ0) is 10.1. The number of allylic oxidation sites excluding steroid dienone is 2. The summed E-state index contributed by atoms with van der Waals surface area (Å²) in [6, 6.07) is 0. The molecule has 0 aromatic heterocycles. The van der Waals surface area contributed by atoms with Gasteiger partial charge in [0.25, 0.3) is 0 Å². The fraction of sp³-hybridized carbons (Fsp3) is 0.300. The van der Waals surface area contributed by atoms with Crippen LogP contribution in [0.3, 0.4) is 0 Å². The highest BCUT2D eigenvalue weighted by atomic mass is 16.5. The molecule has 0 saturated heterocycles. The molecular formula is C10H15NO2. The van der Waals surface area contributed by atoms with Crippen molar-refractivity contribution in [3.63, 3.8) is 0 Å². The first kappa shape index (κ1) is 11.5. The Bertz CT molecular complexity index is 229. The van der Waals surface area contributed by atoms with Gasteiger partial charge in [-0.2, -0.15) is 0 Å². The van der Waals surface area contributed by atoms with Crippen LogP contribution in [0.1, 0.15) is 13.3 Å². The lowest BCUT2D eigenvalue weighted by atomic mass is 10.3. The number of carbonyl (C=O) groups is 1. The highest BCUT2D eigenvalue weighted by Crippen LogP contribution is 1.97. The van der Waals surface area contributed by atoms with E-state index in [4.69, 9.17) is 0 Å². The second-order valence-electron chi connectivity index (χ2n) is 2.29. The van der Waals surface area contributed by atoms with Crippen LogP contribution < -0.4 is 5.32 Å². The first-order chi connectivity index (χ1) is 6.24. The van der Waals surface area contributed by atoms with Gasteiger partial charge in [0.05, 0.1) is 7.11 Å². The standard InChI is InChI=1S/C10H15NO2/c1-4-9(11-5-2)7-6-8-10(12)13-3/h4-6,8,11H,2,7H2,1,3H3/b8-6+,9-4-. The van der Waals surface area contributed by atoms with Crippen LogP contribution in [0.2, 0.25) is 0 Å².